The highest BCUT2D eigenvalue weighted by Gasteiger charge is 2.20. The van der Waals surface area contributed by atoms with Crippen LogP contribution in [-0.4, -0.2) is 22.4 Å². The minimum absolute atomic E-state index is 0.290. The van der Waals surface area contributed by atoms with Crippen LogP contribution in [0.25, 0.3) is 16.9 Å². The van der Waals surface area contributed by atoms with E-state index in [0.29, 0.717) is 11.3 Å². The molecular formula is C20H17N3O2. The van der Waals surface area contributed by atoms with Gasteiger partial charge in [0.05, 0.1) is 5.69 Å². The molecule has 0 unspecified atom stereocenters. The van der Waals surface area contributed by atoms with E-state index in [-0.39, 0.29) is 6.61 Å². The lowest BCUT2D eigenvalue weighted by molar-refractivity contribution is 0.0556. The van der Waals surface area contributed by atoms with Crippen molar-refractivity contribution in [3.05, 3.63) is 71.4 Å². The molecule has 3 aromatic rings. The van der Waals surface area contributed by atoms with Gasteiger partial charge in [0.2, 0.25) is 0 Å². The minimum atomic E-state index is -0.558. The minimum Gasteiger partial charge on any atom is -0.447 e. The number of hydrogen-bond donors (Lipinski definition) is 0. The largest absolute Gasteiger partial charge is 0.447 e. The van der Waals surface area contributed by atoms with Gasteiger partial charge in [0.15, 0.2) is 6.61 Å². The third-order valence-corrected chi connectivity index (χ3v) is 4.00. The second-order valence-corrected chi connectivity index (χ2v) is 5.70. The van der Waals surface area contributed by atoms with Crippen molar-refractivity contribution in [1.82, 2.24) is 9.78 Å². The third-order valence-electron chi connectivity index (χ3n) is 4.00. The standard InChI is InChI=1S/C20H17N3O2/c1-14-8-9-16(12-15(14)2)19-18(20(24)25-11-10-21)13-23(22-19)17-6-4-3-5-7-17/h3-9,12-13H,11H2,1-2H3. The summed E-state index contributed by atoms with van der Waals surface area (Å²) in [5.41, 5.74) is 4.83. The number of esters is 1. The highest BCUT2D eigenvalue weighted by molar-refractivity contribution is 5.96. The lowest BCUT2D eigenvalue weighted by Gasteiger charge is -2.05. The molecule has 124 valence electrons. The molecule has 0 bridgehead atoms. The van der Waals surface area contributed by atoms with Crippen LogP contribution in [0.4, 0.5) is 0 Å². The van der Waals surface area contributed by atoms with Crippen LogP contribution in [0.3, 0.4) is 0 Å². The average Bonchev–Trinajstić information content (AvgIpc) is 3.08. The van der Waals surface area contributed by atoms with Crippen molar-refractivity contribution in [2.45, 2.75) is 13.8 Å². The Kier molecular flexibility index (Phi) is 4.62. The topological polar surface area (TPSA) is 67.9 Å². The normalized spacial score (nSPS) is 10.3. The first-order valence-corrected chi connectivity index (χ1v) is 7.87. The number of rotatable bonds is 4. The summed E-state index contributed by atoms with van der Waals surface area (Å²) in [6.45, 7) is 3.76. The number of nitrogens with zero attached hydrogens (tertiary/aromatic N) is 3. The van der Waals surface area contributed by atoms with Crippen LogP contribution >= 0.6 is 0 Å². The number of aromatic nitrogens is 2. The Morgan fingerprint density at radius 2 is 1.92 bits per heavy atom. The Bertz CT molecular complexity index is 953. The molecule has 0 spiro atoms. The monoisotopic (exact) mass is 331 g/mol. The van der Waals surface area contributed by atoms with E-state index in [4.69, 9.17) is 10.00 Å². The highest BCUT2D eigenvalue weighted by atomic mass is 16.5. The molecule has 0 amide bonds. The molecule has 1 heterocycles. The molecule has 0 saturated heterocycles. The Balaban J connectivity index is 2.11. The molecule has 25 heavy (non-hydrogen) atoms. The van der Waals surface area contributed by atoms with Crippen molar-refractivity contribution in [3.8, 4) is 23.0 Å². The van der Waals surface area contributed by atoms with Crippen molar-refractivity contribution in [2.24, 2.45) is 0 Å². The lowest BCUT2D eigenvalue weighted by atomic mass is 10.0. The fourth-order valence-electron chi connectivity index (χ4n) is 2.51. The summed E-state index contributed by atoms with van der Waals surface area (Å²) in [7, 11) is 0. The zero-order valence-corrected chi connectivity index (χ0v) is 14.1. The predicted molar refractivity (Wildman–Crippen MR) is 94.4 cm³/mol. The Morgan fingerprint density at radius 3 is 2.60 bits per heavy atom. The number of nitriles is 1. The second kappa shape index (κ2) is 7.02. The van der Waals surface area contributed by atoms with E-state index in [1.807, 2.05) is 68.4 Å². The number of hydrogen-bond acceptors (Lipinski definition) is 4. The predicted octanol–water partition coefficient (Wildman–Crippen LogP) is 3.84. The van der Waals surface area contributed by atoms with Crippen molar-refractivity contribution >= 4 is 5.97 Å². The van der Waals surface area contributed by atoms with Crippen LogP contribution in [0.15, 0.2) is 54.7 Å². The van der Waals surface area contributed by atoms with Crippen LogP contribution in [0, 0.1) is 25.2 Å². The SMILES string of the molecule is Cc1ccc(-c2nn(-c3ccccc3)cc2C(=O)OCC#N)cc1C. The number of para-hydroxylation sites is 1. The maximum atomic E-state index is 12.4. The van der Waals surface area contributed by atoms with Crippen LogP contribution in [0.5, 0.6) is 0 Å². The van der Waals surface area contributed by atoms with E-state index in [0.717, 1.165) is 16.8 Å². The smallest absolute Gasteiger partial charge is 0.343 e. The van der Waals surface area contributed by atoms with E-state index in [2.05, 4.69) is 5.10 Å². The molecule has 1 aromatic heterocycles. The maximum Gasteiger partial charge on any atom is 0.343 e. The molecule has 0 fully saturated rings. The van der Waals surface area contributed by atoms with Gasteiger partial charge >= 0.3 is 5.97 Å². The summed E-state index contributed by atoms with van der Waals surface area (Å²) in [6.07, 6.45) is 1.64. The van der Waals surface area contributed by atoms with E-state index in [1.54, 1.807) is 10.9 Å². The van der Waals surface area contributed by atoms with Gasteiger partial charge in [-0.05, 0) is 43.2 Å². The van der Waals surface area contributed by atoms with Gasteiger partial charge < -0.3 is 4.74 Å². The Morgan fingerprint density at radius 1 is 1.16 bits per heavy atom. The number of benzene rings is 2. The Labute approximate surface area is 146 Å². The molecule has 5 nitrogen and oxygen atoms in total. The number of aryl methyl sites for hydroxylation is 2. The van der Waals surface area contributed by atoms with Crippen molar-refractivity contribution in [3.63, 3.8) is 0 Å². The molecule has 0 radical (unpaired) electrons. The van der Waals surface area contributed by atoms with Crippen LogP contribution in [-0.2, 0) is 4.74 Å². The highest BCUT2D eigenvalue weighted by Crippen LogP contribution is 2.26. The number of carbonyl (C=O) groups excluding carboxylic acids is 1. The second-order valence-electron chi connectivity index (χ2n) is 5.70. The van der Waals surface area contributed by atoms with Crippen LogP contribution < -0.4 is 0 Å². The van der Waals surface area contributed by atoms with E-state index in [9.17, 15) is 4.79 Å². The fourth-order valence-corrected chi connectivity index (χ4v) is 2.51. The maximum absolute atomic E-state index is 12.4. The zero-order chi connectivity index (χ0) is 17.8. The summed E-state index contributed by atoms with van der Waals surface area (Å²) in [5.74, 6) is -0.558. The fraction of sp³-hybridized carbons (Fsp3) is 0.150. The molecule has 0 aliphatic rings. The summed E-state index contributed by atoms with van der Waals surface area (Å²) in [4.78, 5) is 12.4. The van der Waals surface area contributed by atoms with E-state index < -0.39 is 5.97 Å². The van der Waals surface area contributed by atoms with E-state index in [1.165, 1.54) is 5.56 Å². The quantitative estimate of drug-likeness (QED) is 0.681. The van der Waals surface area contributed by atoms with Crippen LogP contribution in [0.1, 0.15) is 21.5 Å². The van der Waals surface area contributed by atoms with Crippen LogP contribution in [0.2, 0.25) is 0 Å². The molecule has 5 heteroatoms. The van der Waals surface area contributed by atoms with Crippen molar-refractivity contribution in [2.75, 3.05) is 6.61 Å². The van der Waals surface area contributed by atoms with Gasteiger partial charge in [-0.15, -0.1) is 0 Å². The summed E-state index contributed by atoms with van der Waals surface area (Å²) in [6, 6.07) is 17.3. The number of carbonyl (C=O) groups is 1. The summed E-state index contributed by atoms with van der Waals surface area (Å²) < 4.78 is 6.64. The van der Waals surface area contributed by atoms with Gasteiger partial charge in [-0.2, -0.15) is 10.4 Å². The van der Waals surface area contributed by atoms with E-state index >= 15 is 0 Å². The van der Waals surface area contributed by atoms with Gasteiger partial charge in [-0.3, -0.25) is 0 Å². The molecule has 2 aromatic carbocycles. The molecular weight excluding hydrogens is 314 g/mol. The molecule has 0 saturated carbocycles. The molecule has 0 N–H and O–H groups in total. The number of ether oxygens (including phenoxy) is 1. The summed E-state index contributed by atoms with van der Waals surface area (Å²) >= 11 is 0. The Hall–Kier alpha value is -3.39. The van der Waals surface area contributed by atoms with Gasteiger partial charge in [0.1, 0.15) is 17.3 Å². The first-order valence-electron chi connectivity index (χ1n) is 7.87. The lowest BCUT2D eigenvalue weighted by Crippen LogP contribution is -2.05. The first-order chi connectivity index (χ1) is 12.1. The van der Waals surface area contributed by atoms with Gasteiger partial charge in [-0.25, -0.2) is 9.48 Å². The molecule has 3 rings (SSSR count). The molecule has 0 atom stereocenters. The summed E-state index contributed by atoms with van der Waals surface area (Å²) in [5, 5.41) is 13.2. The van der Waals surface area contributed by atoms with Crippen molar-refractivity contribution in [1.29, 1.82) is 5.26 Å². The average molecular weight is 331 g/mol. The molecule has 0 aliphatic heterocycles. The molecule has 0 aliphatic carbocycles. The van der Waals surface area contributed by atoms with Gasteiger partial charge in [-0.1, -0.05) is 30.3 Å². The zero-order valence-electron chi connectivity index (χ0n) is 14.1. The van der Waals surface area contributed by atoms with Crippen molar-refractivity contribution < 1.29 is 9.53 Å². The van der Waals surface area contributed by atoms with Gasteiger partial charge in [0.25, 0.3) is 0 Å². The first kappa shape index (κ1) is 16.5. The third kappa shape index (κ3) is 3.43. The van der Waals surface area contributed by atoms with Gasteiger partial charge in [0, 0.05) is 11.8 Å².